The predicted molar refractivity (Wildman–Crippen MR) is 128 cm³/mol. The fraction of sp³-hybridized carbons (Fsp3) is 0.480. The molecule has 0 N–H and O–H groups in total. The molecule has 0 radical (unpaired) electrons. The number of amides is 1. The minimum Gasteiger partial charge on any atom is -0.493 e. The van der Waals surface area contributed by atoms with Crippen molar-refractivity contribution in [2.24, 2.45) is 0 Å². The Balaban J connectivity index is 1.63. The Labute approximate surface area is 201 Å². The van der Waals surface area contributed by atoms with Gasteiger partial charge in [-0.2, -0.15) is 0 Å². The second-order valence-electron chi connectivity index (χ2n) is 7.86. The lowest BCUT2D eigenvalue weighted by Gasteiger charge is -2.35. The molecule has 0 bridgehead atoms. The predicted octanol–water partition coefficient (Wildman–Crippen LogP) is 2.63. The second-order valence-corrected chi connectivity index (χ2v) is 7.86. The highest BCUT2D eigenvalue weighted by Crippen LogP contribution is 2.40. The van der Waals surface area contributed by atoms with Crippen LogP contribution >= 0.6 is 0 Å². The highest BCUT2D eigenvalue weighted by atomic mass is 16.5. The average Bonchev–Trinajstić information content (AvgIpc) is 2.87. The second kappa shape index (κ2) is 11.7. The van der Waals surface area contributed by atoms with E-state index < -0.39 is 0 Å². The maximum Gasteiger partial charge on any atom is 0.227 e. The fourth-order valence-electron chi connectivity index (χ4n) is 4.21. The first-order valence-corrected chi connectivity index (χ1v) is 11.1. The number of ether oxygens (including phenoxy) is 6. The van der Waals surface area contributed by atoms with Crippen LogP contribution in [0, 0.1) is 0 Å². The lowest BCUT2D eigenvalue weighted by Crippen LogP contribution is -2.48. The number of benzene rings is 2. The van der Waals surface area contributed by atoms with Crippen LogP contribution in [0.25, 0.3) is 0 Å². The highest BCUT2D eigenvalue weighted by Gasteiger charge is 2.24. The summed E-state index contributed by atoms with van der Waals surface area (Å²) in [6, 6.07) is 7.51. The molecule has 9 heteroatoms. The Morgan fingerprint density at radius 3 is 1.76 bits per heavy atom. The minimum absolute atomic E-state index is 0.0672. The summed E-state index contributed by atoms with van der Waals surface area (Å²) in [4.78, 5) is 17.2. The largest absolute Gasteiger partial charge is 0.493 e. The van der Waals surface area contributed by atoms with Crippen LogP contribution in [-0.4, -0.2) is 84.5 Å². The van der Waals surface area contributed by atoms with E-state index in [4.69, 9.17) is 28.4 Å². The standard InChI is InChI=1S/C25H34N2O7/c1-29-19-8-7-18(23(32-4)25(19)34-6)16-26-9-11-27(12-10-26)22(28)15-17-13-20(30-2)24(33-5)21(14-17)31-3/h7-8,13-14H,9-12,15-16H2,1-6H3. The van der Waals surface area contributed by atoms with E-state index in [9.17, 15) is 4.79 Å². The molecule has 2 aromatic carbocycles. The third-order valence-electron chi connectivity index (χ3n) is 5.98. The molecule has 9 nitrogen and oxygen atoms in total. The zero-order valence-corrected chi connectivity index (χ0v) is 20.8. The van der Waals surface area contributed by atoms with Gasteiger partial charge in [0.05, 0.1) is 49.1 Å². The first-order chi connectivity index (χ1) is 16.5. The smallest absolute Gasteiger partial charge is 0.227 e. The summed E-state index contributed by atoms with van der Waals surface area (Å²) in [5, 5.41) is 0. The molecule has 1 aliphatic heterocycles. The van der Waals surface area contributed by atoms with E-state index in [-0.39, 0.29) is 12.3 Å². The van der Waals surface area contributed by atoms with Gasteiger partial charge in [-0.25, -0.2) is 0 Å². The van der Waals surface area contributed by atoms with Crippen LogP contribution in [0.15, 0.2) is 24.3 Å². The summed E-state index contributed by atoms with van der Waals surface area (Å²) in [6.45, 7) is 3.52. The van der Waals surface area contributed by atoms with Crippen LogP contribution in [0.2, 0.25) is 0 Å². The summed E-state index contributed by atoms with van der Waals surface area (Å²) < 4.78 is 32.6. The van der Waals surface area contributed by atoms with Crippen molar-refractivity contribution in [2.75, 3.05) is 68.8 Å². The summed E-state index contributed by atoms with van der Waals surface area (Å²) in [6.07, 6.45) is 0.264. The number of carbonyl (C=O) groups excluding carboxylic acids is 1. The molecule has 34 heavy (non-hydrogen) atoms. The van der Waals surface area contributed by atoms with Crippen molar-refractivity contribution in [3.05, 3.63) is 35.4 Å². The minimum atomic E-state index is 0.0672. The van der Waals surface area contributed by atoms with Gasteiger partial charge in [0.25, 0.3) is 0 Å². The molecule has 1 amide bonds. The molecule has 186 valence electrons. The van der Waals surface area contributed by atoms with E-state index in [2.05, 4.69) is 4.90 Å². The zero-order chi connectivity index (χ0) is 24.7. The summed E-state index contributed by atoms with van der Waals surface area (Å²) >= 11 is 0. The van der Waals surface area contributed by atoms with Gasteiger partial charge in [0, 0.05) is 38.3 Å². The summed E-state index contributed by atoms with van der Waals surface area (Å²) in [5.41, 5.74) is 1.83. The molecule has 1 fully saturated rings. The van der Waals surface area contributed by atoms with Gasteiger partial charge in [-0.05, 0) is 23.8 Å². The first kappa shape index (κ1) is 25.3. The fourth-order valence-corrected chi connectivity index (χ4v) is 4.21. The van der Waals surface area contributed by atoms with Crippen molar-refractivity contribution in [2.45, 2.75) is 13.0 Å². The number of rotatable bonds is 10. The number of methoxy groups -OCH3 is 6. The van der Waals surface area contributed by atoms with Crippen LogP contribution in [0.3, 0.4) is 0 Å². The van der Waals surface area contributed by atoms with E-state index >= 15 is 0 Å². The molecule has 0 aromatic heterocycles. The molecule has 3 rings (SSSR count). The van der Waals surface area contributed by atoms with Gasteiger partial charge in [0.2, 0.25) is 17.4 Å². The first-order valence-electron chi connectivity index (χ1n) is 11.1. The summed E-state index contributed by atoms with van der Waals surface area (Å²) in [7, 11) is 9.52. The molecule has 0 atom stereocenters. The van der Waals surface area contributed by atoms with Gasteiger partial charge in [-0.3, -0.25) is 9.69 Å². The molecule has 0 unspecified atom stereocenters. The maximum absolute atomic E-state index is 13.0. The molecule has 0 saturated carbocycles. The third kappa shape index (κ3) is 5.41. The molecule has 1 aliphatic rings. The van der Waals surface area contributed by atoms with Crippen LogP contribution in [-0.2, 0) is 17.8 Å². The molecule has 1 heterocycles. The zero-order valence-electron chi connectivity index (χ0n) is 20.8. The highest BCUT2D eigenvalue weighted by molar-refractivity contribution is 5.79. The number of hydrogen-bond donors (Lipinski definition) is 0. The molecule has 1 saturated heterocycles. The molecule has 0 aliphatic carbocycles. The Hall–Kier alpha value is -3.33. The lowest BCUT2D eigenvalue weighted by molar-refractivity contribution is -0.132. The quantitative estimate of drug-likeness (QED) is 0.520. The molecule has 0 spiro atoms. The Morgan fingerprint density at radius 1 is 0.706 bits per heavy atom. The van der Waals surface area contributed by atoms with Crippen LogP contribution < -0.4 is 28.4 Å². The van der Waals surface area contributed by atoms with Crippen LogP contribution in [0.1, 0.15) is 11.1 Å². The maximum atomic E-state index is 13.0. The normalized spacial score (nSPS) is 13.9. The van der Waals surface area contributed by atoms with Gasteiger partial charge in [-0.1, -0.05) is 6.07 Å². The Kier molecular flexibility index (Phi) is 8.70. The lowest BCUT2D eigenvalue weighted by atomic mass is 10.1. The van der Waals surface area contributed by atoms with Gasteiger partial charge < -0.3 is 33.3 Å². The average molecular weight is 475 g/mol. The van der Waals surface area contributed by atoms with Gasteiger partial charge in [0.15, 0.2) is 23.0 Å². The van der Waals surface area contributed by atoms with Crippen molar-refractivity contribution in [3.63, 3.8) is 0 Å². The van der Waals surface area contributed by atoms with Crippen molar-refractivity contribution in [1.82, 2.24) is 9.80 Å². The monoisotopic (exact) mass is 474 g/mol. The SMILES string of the molecule is COc1cc(CC(=O)N2CCN(Cc3ccc(OC)c(OC)c3OC)CC2)cc(OC)c1OC. The number of carbonyl (C=O) groups is 1. The topological polar surface area (TPSA) is 78.9 Å². The van der Waals surface area contributed by atoms with Crippen LogP contribution in [0.4, 0.5) is 0 Å². The van der Waals surface area contributed by atoms with Gasteiger partial charge in [-0.15, -0.1) is 0 Å². The van der Waals surface area contributed by atoms with E-state index in [1.54, 1.807) is 42.7 Å². The van der Waals surface area contributed by atoms with E-state index in [0.717, 1.165) is 24.2 Å². The van der Waals surface area contributed by atoms with Gasteiger partial charge in [0.1, 0.15) is 0 Å². The molecular weight excluding hydrogens is 440 g/mol. The number of nitrogens with zero attached hydrogens (tertiary/aromatic N) is 2. The van der Waals surface area contributed by atoms with Crippen LogP contribution in [0.5, 0.6) is 34.5 Å². The van der Waals surface area contributed by atoms with E-state index in [0.29, 0.717) is 54.1 Å². The summed E-state index contributed by atoms with van der Waals surface area (Å²) in [5.74, 6) is 3.55. The van der Waals surface area contributed by atoms with Crippen molar-refractivity contribution in [3.8, 4) is 34.5 Å². The molecular formula is C25H34N2O7. The Morgan fingerprint density at radius 2 is 1.26 bits per heavy atom. The molecule has 2 aromatic rings. The van der Waals surface area contributed by atoms with Crippen molar-refractivity contribution >= 4 is 5.91 Å². The number of piperazine rings is 1. The van der Waals surface area contributed by atoms with Crippen molar-refractivity contribution < 1.29 is 33.2 Å². The van der Waals surface area contributed by atoms with E-state index in [1.165, 1.54) is 0 Å². The third-order valence-corrected chi connectivity index (χ3v) is 5.98. The Bertz CT molecular complexity index is 962. The van der Waals surface area contributed by atoms with Gasteiger partial charge >= 0.3 is 0 Å². The van der Waals surface area contributed by atoms with Crippen molar-refractivity contribution in [1.29, 1.82) is 0 Å². The number of hydrogen-bond acceptors (Lipinski definition) is 8. The van der Waals surface area contributed by atoms with E-state index in [1.807, 2.05) is 29.2 Å².